The number of hydrogen-bond acceptors (Lipinski definition) is 5. The van der Waals surface area contributed by atoms with Crippen molar-refractivity contribution in [2.45, 2.75) is 19.3 Å². The molecule has 0 bridgehead atoms. The average molecular weight is 379 g/mol. The third-order valence-electron chi connectivity index (χ3n) is 3.10. The molecule has 0 aliphatic rings. The van der Waals surface area contributed by atoms with Crippen molar-refractivity contribution < 1.29 is 23.8 Å². The molecule has 140 valence electrons. The highest BCUT2D eigenvalue weighted by Gasteiger charge is 2.02. The normalized spacial score (nSPS) is 11.3. The summed E-state index contributed by atoms with van der Waals surface area (Å²) in [5.41, 5.74) is 0. The van der Waals surface area contributed by atoms with Crippen LogP contribution in [-0.2, 0) is 19.1 Å². The topological polar surface area (TPSA) is 61.8 Å². The highest BCUT2D eigenvalue weighted by molar-refractivity contribution is 6.30. The van der Waals surface area contributed by atoms with Crippen molar-refractivity contribution in [3.8, 4) is 5.75 Å². The van der Waals surface area contributed by atoms with Crippen molar-refractivity contribution in [3.05, 3.63) is 65.7 Å². The minimum Gasteiger partial charge on any atom is -0.482 e. The third kappa shape index (κ3) is 11.1. The summed E-state index contributed by atoms with van der Waals surface area (Å²) in [4.78, 5) is 22.4. The van der Waals surface area contributed by atoms with E-state index < -0.39 is 5.97 Å². The van der Waals surface area contributed by atoms with Crippen LogP contribution in [0.3, 0.4) is 0 Å². The van der Waals surface area contributed by atoms with E-state index in [-0.39, 0.29) is 19.2 Å². The summed E-state index contributed by atoms with van der Waals surface area (Å²) in [5.74, 6) is -0.0766. The van der Waals surface area contributed by atoms with Crippen LogP contribution in [0.4, 0.5) is 0 Å². The monoisotopic (exact) mass is 378 g/mol. The lowest BCUT2D eigenvalue weighted by molar-refractivity contribution is -0.144. The Labute approximate surface area is 158 Å². The molecule has 5 nitrogen and oxygen atoms in total. The van der Waals surface area contributed by atoms with Crippen molar-refractivity contribution in [2.75, 3.05) is 20.3 Å². The Hall–Kier alpha value is -2.53. The number of hydrogen-bond donors (Lipinski definition) is 0. The standard InChI is InChI=1S/C20H23ClO5/c1-24-19(22)10-8-6-4-2-3-5-7-9-15-25-20(23)16-26-18-13-11-17(21)12-14-18/h2-5,7,9,11-14H,6,8,10,15-16H2,1H3/b4-2-,5-3+,9-7+. The van der Waals surface area contributed by atoms with Gasteiger partial charge in [-0.15, -0.1) is 0 Å². The van der Waals surface area contributed by atoms with Crippen molar-refractivity contribution in [1.29, 1.82) is 0 Å². The van der Waals surface area contributed by atoms with Crippen molar-refractivity contribution in [2.24, 2.45) is 0 Å². The summed E-state index contributed by atoms with van der Waals surface area (Å²) < 4.78 is 14.8. The van der Waals surface area contributed by atoms with Crippen LogP contribution in [-0.4, -0.2) is 32.3 Å². The van der Waals surface area contributed by atoms with E-state index in [9.17, 15) is 9.59 Å². The molecular weight excluding hydrogens is 356 g/mol. The fraction of sp³-hybridized carbons (Fsp3) is 0.300. The van der Waals surface area contributed by atoms with Crippen LogP contribution in [0.25, 0.3) is 0 Å². The number of esters is 2. The van der Waals surface area contributed by atoms with Crippen molar-refractivity contribution >= 4 is 23.5 Å². The van der Waals surface area contributed by atoms with Crippen LogP contribution in [0.5, 0.6) is 5.75 Å². The lowest BCUT2D eigenvalue weighted by Gasteiger charge is -2.05. The van der Waals surface area contributed by atoms with E-state index in [2.05, 4.69) is 4.74 Å². The lowest BCUT2D eigenvalue weighted by atomic mass is 10.2. The van der Waals surface area contributed by atoms with Gasteiger partial charge in [0.25, 0.3) is 0 Å². The van der Waals surface area contributed by atoms with Gasteiger partial charge in [-0.25, -0.2) is 4.79 Å². The number of methoxy groups -OCH3 is 1. The fourth-order valence-corrected chi connectivity index (χ4v) is 1.89. The molecule has 0 amide bonds. The number of halogens is 1. The summed E-state index contributed by atoms with van der Waals surface area (Å²) in [5, 5.41) is 0.606. The highest BCUT2D eigenvalue weighted by Crippen LogP contribution is 2.15. The first kappa shape index (κ1) is 21.5. The molecule has 0 aliphatic heterocycles. The number of rotatable bonds is 11. The van der Waals surface area contributed by atoms with E-state index in [1.165, 1.54) is 7.11 Å². The molecular formula is C20H23ClO5. The van der Waals surface area contributed by atoms with Gasteiger partial charge in [0.1, 0.15) is 12.4 Å². The van der Waals surface area contributed by atoms with Crippen LogP contribution >= 0.6 is 11.6 Å². The van der Waals surface area contributed by atoms with E-state index in [4.69, 9.17) is 21.1 Å². The minimum absolute atomic E-state index is 0.153. The van der Waals surface area contributed by atoms with E-state index in [0.29, 0.717) is 17.2 Å². The third-order valence-corrected chi connectivity index (χ3v) is 3.35. The maximum absolute atomic E-state index is 11.5. The Morgan fingerprint density at radius 1 is 1.00 bits per heavy atom. The first-order valence-corrected chi connectivity index (χ1v) is 8.58. The van der Waals surface area contributed by atoms with Gasteiger partial charge in [0, 0.05) is 11.4 Å². The summed E-state index contributed by atoms with van der Waals surface area (Å²) in [6.45, 7) is 0.0234. The fourth-order valence-electron chi connectivity index (χ4n) is 1.76. The molecule has 0 atom stereocenters. The van der Waals surface area contributed by atoms with Crippen LogP contribution < -0.4 is 4.74 Å². The maximum Gasteiger partial charge on any atom is 0.344 e. The molecule has 0 unspecified atom stereocenters. The van der Waals surface area contributed by atoms with Crippen molar-refractivity contribution in [1.82, 2.24) is 0 Å². The van der Waals surface area contributed by atoms with E-state index in [1.807, 2.05) is 24.3 Å². The van der Waals surface area contributed by atoms with Gasteiger partial charge >= 0.3 is 11.9 Å². The molecule has 1 rings (SSSR count). The van der Waals surface area contributed by atoms with E-state index >= 15 is 0 Å². The molecule has 0 aromatic heterocycles. The van der Waals surface area contributed by atoms with Crippen LogP contribution in [0, 0.1) is 0 Å². The van der Waals surface area contributed by atoms with Gasteiger partial charge in [-0.3, -0.25) is 4.79 Å². The molecule has 0 aliphatic carbocycles. The number of allylic oxidation sites excluding steroid dienone is 5. The minimum atomic E-state index is -0.445. The summed E-state index contributed by atoms with van der Waals surface area (Å²) in [6.07, 6.45) is 13.1. The number of carbonyl (C=O) groups is 2. The predicted octanol–water partition coefficient (Wildman–Crippen LogP) is 4.27. The molecule has 0 radical (unpaired) electrons. The van der Waals surface area contributed by atoms with Gasteiger partial charge in [-0.1, -0.05) is 42.0 Å². The maximum atomic E-state index is 11.5. The van der Waals surface area contributed by atoms with Gasteiger partial charge in [0.2, 0.25) is 0 Å². The largest absolute Gasteiger partial charge is 0.482 e. The van der Waals surface area contributed by atoms with Crippen LogP contribution in [0.2, 0.25) is 5.02 Å². The first-order chi connectivity index (χ1) is 12.6. The Kier molecular flexibility index (Phi) is 11.4. The van der Waals surface area contributed by atoms with E-state index in [1.54, 1.807) is 36.4 Å². The number of benzene rings is 1. The highest BCUT2D eigenvalue weighted by atomic mass is 35.5. The summed E-state index contributed by atoms with van der Waals surface area (Å²) in [6, 6.07) is 6.74. The Balaban J connectivity index is 2.07. The summed E-state index contributed by atoms with van der Waals surface area (Å²) in [7, 11) is 1.39. The van der Waals surface area contributed by atoms with Gasteiger partial charge in [0.05, 0.1) is 7.11 Å². The average Bonchev–Trinajstić information content (AvgIpc) is 2.65. The van der Waals surface area contributed by atoms with E-state index in [0.717, 1.165) is 12.8 Å². The van der Waals surface area contributed by atoms with Crippen LogP contribution in [0.15, 0.2) is 60.7 Å². The number of carbonyl (C=O) groups excluding carboxylic acids is 2. The number of unbranched alkanes of at least 4 members (excludes halogenated alkanes) is 1. The second-order valence-corrected chi connectivity index (χ2v) is 5.57. The van der Waals surface area contributed by atoms with Gasteiger partial charge in [0.15, 0.2) is 6.61 Å². The zero-order chi connectivity index (χ0) is 19.0. The second kappa shape index (κ2) is 13.7. The molecule has 26 heavy (non-hydrogen) atoms. The molecule has 0 heterocycles. The smallest absolute Gasteiger partial charge is 0.344 e. The molecule has 0 saturated heterocycles. The Morgan fingerprint density at radius 3 is 2.38 bits per heavy atom. The number of ether oxygens (including phenoxy) is 3. The Bertz CT molecular complexity index is 632. The Morgan fingerprint density at radius 2 is 1.69 bits per heavy atom. The van der Waals surface area contributed by atoms with Crippen molar-refractivity contribution in [3.63, 3.8) is 0 Å². The molecule has 0 N–H and O–H groups in total. The molecule has 0 saturated carbocycles. The van der Waals surface area contributed by atoms with Gasteiger partial charge in [-0.05, 0) is 43.2 Å². The summed E-state index contributed by atoms with van der Waals surface area (Å²) >= 11 is 5.76. The molecule has 1 aromatic carbocycles. The predicted molar refractivity (Wildman–Crippen MR) is 101 cm³/mol. The lowest BCUT2D eigenvalue weighted by Crippen LogP contribution is -2.14. The molecule has 6 heteroatoms. The molecule has 0 spiro atoms. The van der Waals surface area contributed by atoms with Crippen LogP contribution in [0.1, 0.15) is 19.3 Å². The quantitative estimate of drug-likeness (QED) is 0.327. The van der Waals surface area contributed by atoms with Gasteiger partial charge in [-0.2, -0.15) is 0 Å². The molecule has 1 aromatic rings. The second-order valence-electron chi connectivity index (χ2n) is 5.14. The first-order valence-electron chi connectivity index (χ1n) is 8.21. The SMILES string of the molecule is COC(=O)CCC\C=C/C=C/C=C/COC(=O)COc1ccc(Cl)cc1. The van der Waals surface area contributed by atoms with Gasteiger partial charge < -0.3 is 14.2 Å². The zero-order valence-corrected chi connectivity index (χ0v) is 15.5. The molecule has 0 fully saturated rings. The zero-order valence-electron chi connectivity index (χ0n) is 14.7.